The van der Waals surface area contributed by atoms with E-state index in [4.69, 9.17) is 14.2 Å². The second kappa shape index (κ2) is 7.17. The zero-order chi connectivity index (χ0) is 25.3. The van der Waals surface area contributed by atoms with Crippen LogP contribution in [0.1, 0.15) is 60.3 Å². The summed E-state index contributed by atoms with van der Waals surface area (Å²) in [6, 6.07) is 0. The van der Waals surface area contributed by atoms with E-state index < -0.39 is 59.2 Å². The van der Waals surface area contributed by atoms with Crippen LogP contribution in [-0.4, -0.2) is 74.9 Å². The van der Waals surface area contributed by atoms with Crippen molar-refractivity contribution in [2.24, 2.45) is 28.6 Å². The number of carbonyl (C=O) groups excluding carboxylic acids is 1. The molecule has 2 aliphatic heterocycles. The van der Waals surface area contributed by atoms with E-state index in [-0.39, 0.29) is 17.9 Å². The predicted molar refractivity (Wildman–Crippen MR) is 124 cm³/mol. The Kier molecular flexibility index (Phi) is 4.93. The minimum atomic E-state index is -1.98. The van der Waals surface area contributed by atoms with Crippen LogP contribution in [0.5, 0.6) is 0 Å². The molecule has 8 heteroatoms. The molecule has 11 atom stereocenters. The van der Waals surface area contributed by atoms with Gasteiger partial charge in [-0.05, 0) is 43.1 Å². The average molecular weight is 491 g/mol. The van der Waals surface area contributed by atoms with Crippen molar-refractivity contribution in [3.63, 3.8) is 0 Å². The molecule has 2 bridgehead atoms. The van der Waals surface area contributed by atoms with E-state index in [1.165, 1.54) is 18.1 Å². The molecule has 2 saturated carbocycles. The Bertz CT molecular complexity index is 1030. The van der Waals surface area contributed by atoms with E-state index in [9.17, 15) is 25.2 Å². The molecule has 35 heavy (non-hydrogen) atoms. The third-order valence-corrected chi connectivity index (χ3v) is 10.6. The quantitative estimate of drug-likeness (QED) is 0.340. The van der Waals surface area contributed by atoms with Crippen LogP contribution in [0.2, 0.25) is 0 Å². The van der Waals surface area contributed by atoms with Crippen molar-refractivity contribution in [1.82, 2.24) is 0 Å². The van der Waals surface area contributed by atoms with Crippen LogP contribution >= 0.6 is 0 Å². The average Bonchev–Trinajstić information content (AvgIpc) is 3.21. The van der Waals surface area contributed by atoms with Gasteiger partial charge in [-0.1, -0.05) is 44.9 Å². The van der Waals surface area contributed by atoms with Crippen molar-refractivity contribution in [2.75, 3.05) is 6.61 Å². The van der Waals surface area contributed by atoms with Gasteiger partial charge in [0.1, 0.15) is 6.10 Å². The molecule has 4 aliphatic carbocycles. The van der Waals surface area contributed by atoms with Gasteiger partial charge in [-0.2, -0.15) is 0 Å². The Morgan fingerprint density at radius 1 is 1.20 bits per heavy atom. The first-order valence-corrected chi connectivity index (χ1v) is 13.0. The molecule has 0 aromatic rings. The Balaban J connectivity index is 1.56. The second-order valence-electron chi connectivity index (χ2n) is 12.7. The third-order valence-electron chi connectivity index (χ3n) is 10.6. The molecule has 2 saturated heterocycles. The lowest BCUT2D eigenvalue weighted by molar-refractivity contribution is -0.342. The van der Waals surface area contributed by atoms with Gasteiger partial charge in [-0.15, -0.1) is 0 Å². The van der Waals surface area contributed by atoms with Crippen molar-refractivity contribution >= 4 is 5.97 Å². The number of ether oxygens (including phenoxy) is 3. The van der Waals surface area contributed by atoms with E-state index in [1.807, 2.05) is 6.08 Å². The number of carbonyl (C=O) groups is 1. The monoisotopic (exact) mass is 490 g/mol. The third kappa shape index (κ3) is 2.71. The Morgan fingerprint density at radius 2 is 1.91 bits per heavy atom. The van der Waals surface area contributed by atoms with E-state index in [0.717, 1.165) is 12.8 Å². The van der Waals surface area contributed by atoms with E-state index in [2.05, 4.69) is 27.7 Å². The largest absolute Gasteiger partial charge is 0.455 e. The molecule has 0 spiro atoms. The van der Waals surface area contributed by atoms with Gasteiger partial charge < -0.3 is 34.6 Å². The molecule has 0 radical (unpaired) electrons. The Labute approximate surface area is 205 Å². The molecular weight excluding hydrogens is 452 g/mol. The molecule has 2 heterocycles. The van der Waals surface area contributed by atoms with Gasteiger partial charge in [0.05, 0.1) is 18.8 Å². The predicted octanol–water partition coefficient (Wildman–Crippen LogP) is 1.60. The van der Waals surface area contributed by atoms with Crippen LogP contribution in [0.4, 0.5) is 0 Å². The number of hydrogen-bond donors (Lipinski definition) is 4. The van der Waals surface area contributed by atoms with Crippen molar-refractivity contribution in [3.05, 3.63) is 22.8 Å². The molecule has 6 aliphatic rings. The fourth-order valence-electron chi connectivity index (χ4n) is 8.66. The molecule has 4 fully saturated rings. The molecule has 0 aromatic heterocycles. The smallest absolute Gasteiger partial charge is 0.303 e. The summed E-state index contributed by atoms with van der Waals surface area (Å²) in [6.45, 7) is 9.64. The summed E-state index contributed by atoms with van der Waals surface area (Å²) in [4.78, 5) is 12.1. The highest BCUT2D eigenvalue weighted by atomic mass is 16.7. The summed E-state index contributed by atoms with van der Waals surface area (Å²) in [7, 11) is 0. The van der Waals surface area contributed by atoms with E-state index >= 15 is 0 Å². The number of hydrogen-bond acceptors (Lipinski definition) is 8. The lowest BCUT2D eigenvalue weighted by Gasteiger charge is -2.57. The zero-order valence-electron chi connectivity index (χ0n) is 21.2. The maximum atomic E-state index is 12.1. The van der Waals surface area contributed by atoms with Crippen LogP contribution in [0.15, 0.2) is 22.8 Å². The molecule has 8 nitrogen and oxygen atoms in total. The Morgan fingerprint density at radius 3 is 2.57 bits per heavy atom. The molecule has 194 valence electrons. The number of aliphatic hydroxyl groups is 4. The van der Waals surface area contributed by atoms with Gasteiger partial charge in [-0.3, -0.25) is 4.79 Å². The van der Waals surface area contributed by atoms with Crippen LogP contribution in [-0.2, 0) is 19.0 Å². The highest BCUT2D eigenvalue weighted by molar-refractivity contribution is 5.67. The van der Waals surface area contributed by atoms with Crippen molar-refractivity contribution in [2.45, 2.75) is 102 Å². The summed E-state index contributed by atoms with van der Waals surface area (Å²) in [5.41, 5.74) is -1.40. The molecule has 0 aromatic carbocycles. The van der Waals surface area contributed by atoms with Gasteiger partial charge in [-0.25, -0.2) is 0 Å². The normalized spacial score (nSPS) is 54.2. The standard InChI is InChI=1S/C27H38O8/c1-12(2)15-10-17(29)25(5)9-8-24(4)16(18(15)25)7-6-14-19-21(24)35-23-27(19,32)22(30)26(31,11-33-23)20(14)34-13(3)28/h6,12,16-17,19-23,29-32H,7-11H2,1-5H3/t16-,17+,19-,20-,21+,22+,23+,24-,25+,26+,27-/m1/s1. The van der Waals surface area contributed by atoms with Gasteiger partial charge in [0, 0.05) is 23.7 Å². The molecule has 6 rings (SSSR count). The number of aliphatic hydroxyl groups excluding tert-OH is 2. The lowest BCUT2D eigenvalue weighted by Crippen LogP contribution is -2.77. The summed E-state index contributed by atoms with van der Waals surface area (Å²) >= 11 is 0. The fourth-order valence-corrected chi connectivity index (χ4v) is 8.66. The zero-order valence-corrected chi connectivity index (χ0v) is 21.2. The van der Waals surface area contributed by atoms with Crippen molar-refractivity contribution in [3.8, 4) is 0 Å². The van der Waals surface area contributed by atoms with Gasteiger partial charge >= 0.3 is 5.97 Å². The minimum Gasteiger partial charge on any atom is -0.455 e. The second-order valence-corrected chi connectivity index (χ2v) is 12.7. The summed E-state index contributed by atoms with van der Waals surface area (Å²) < 4.78 is 18.0. The van der Waals surface area contributed by atoms with Crippen molar-refractivity contribution in [1.29, 1.82) is 0 Å². The molecular formula is C27H38O8. The topological polar surface area (TPSA) is 126 Å². The van der Waals surface area contributed by atoms with E-state index in [0.29, 0.717) is 24.3 Å². The summed E-state index contributed by atoms with van der Waals surface area (Å²) in [6.07, 6.45) is 0.0405. The highest BCUT2D eigenvalue weighted by Crippen LogP contribution is 2.68. The summed E-state index contributed by atoms with van der Waals surface area (Å²) in [5.74, 6) is -0.950. The maximum absolute atomic E-state index is 12.1. The first-order valence-electron chi connectivity index (χ1n) is 13.0. The van der Waals surface area contributed by atoms with Crippen LogP contribution < -0.4 is 0 Å². The van der Waals surface area contributed by atoms with E-state index in [1.54, 1.807) is 0 Å². The first kappa shape index (κ1) is 24.1. The molecule has 0 unspecified atom stereocenters. The number of rotatable bonds is 2. The molecule has 4 N–H and O–H groups in total. The highest BCUT2D eigenvalue weighted by Gasteiger charge is 2.78. The van der Waals surface area contributed by atoms with Gasteiger partial charge in [0.2, 0.25) is 0 Å². The van der Waals surface area contributed by atoms with Crippen LogP contribution in [0.25, 0.3) is 0 Å². The van der Waals surface area contributed by atoms with Crippen LogP contribution in [0.3, 0.4) is 0 Å². The van der Waals surface area contributed by atoms with Gasteiger partial charge in [0.25, 0.3) is 0 Å². The minimum absolute atomic E-state index is 0.0320. The Hall–Kier alpha value is -1.29. The first-order chi connectivity index (χ1) is 16.3. The fraction of sp³-hybridized carbons (Fsp3) is 0.815. The van der Waals surface area contributed by atoms with Gasteiger partial charge in [0.15, 0.2) is 23.6 Å². The van der Waals surface area contributed by atoms with Crippen LogP contribution in [0, 0.1) is 28.6 Å². The summed E-state index contributed by atoms with van der Waals surface area (Å²) in [5, 5.41) is 45.9. The number of allylic oxidation sites excluding steroid dienone is 1. The molecule has 0 amide bonds. The lowest BCUT2D eigenvalue weighted by atomic mass is 9.51. The SMILES string of the molecule is CC(=O)O[C@@H]1C2=CC[C@@H]3C4=C(C(C)C)C[C@H](O)[C@]4(C)CC[C@@]3(C)[C@H]3O[C@@H]4OC[C@@]1(O)[C@H](O)[C@]4(O)[C@H]23. The number of fused-ring (bicyclic) bond motifs is 5. The maximum Gasteiger partial charge on any atom is 0.303 e. The number of esters is 1. The van der Waals surface area contributed by atoms with Crippen molar-refractivity contribution < 1.29 is 39.4 Å².